The van der Waals surface area contributed by atoms with Gasteiger partial charge in [0.05, 0.1) is 21.7 Å². The number of rotatable bonds is 5. The van der Waals surface area contributed by atoms with Gasteiger partial charge in [-0.05, 0) is 61.9 Å². The summed E-state index contributed by atoms with van der Waals surface area (Å²) in [6.45, 7) is 7.23. The van der Waals surface area contributed by atoms with Crippen LogP contribution in [0.1, 0.15) is 21.6 Å². The summed E-state index contributed by atoms with van der Waals surface area (Å²) in [5, 5.41) is 6.13. The number of benzene rings is 2. The van der Waals surface area contributed by atoms with E-state index in [0.29, 0.717) is 38.9 Å². The Morgan fingerprint density at radius 2 is 1.91 bits per heavy atom. The number of imidazole rings is 1. The van der Waals surface area contributed by atoms with Crippen molar-refractivity contribution < 1.29 is 9.59 Å². The van der Waals surface area contributed by atoms with Crippen LogP contribution < -0.4 is 10.6 Å². The van der Waals surface area contributed by atoms with Crippen LogP contribution in [-0.4, -0.2) is 26.3 Å². The molecule has 32 heavy (non-hydrogen) atoms. The van der Waals surface area contributed by atoms with E-state index < -0.39 is 0 Å². The van der Waals surface area contributed by atoms with E-state index in [1.165, 1.54) is 6.08 Å². The lowest BCUT2D eigenvalue weighted by atomic mass is 10.1. The molecule has 0 aliphatic carbocycles. The fourth-order valence-electron chi connectivity index (χ4n) is 3.39. The molecule has 0 spiro atoms. The molecule has 0 radical (unpaired) electrons. The van der Waals surface area contributed by atoms with Gasteiger partial charge < -0.3 is 5.32 Å². The Kier molecular flexibility index (Phi) is 5.75. The van der Waals surface area contributed by atoms with Crippen molar-refractivity contribution in [3.63, 3.8) is 0 Å². The van der Waals surface area contributed by atoms with Gasteiger partial charge in [0.1, 0.15) is 0 Å². The predicted molar refractivity (Wildman–Crippen MR) is 127 cm³/mol. The average Bonchev–Trinajstić information content (AvgIpc) is 3.14. The molecule has 2 N–H and O–H groups in total. The van der Waals surface area contributed by atoms with Crippen molar-refractivity contribution >= 4 is 46.1 Å². The summed E-state index contributed by atoms with van der Waals surface area (Å²) in [7, 11) is 0. The normalized spacial score (nSPS) is 10.7. The molecule has 0 atom stereocenters. The summed E-state index contributed by atoms with van der Waals surface area (Å²) in [6.07, 6.45) is 2.78. The Labute approximate surface area is 189 Å². The predicted octanol–water partition coefficient (Wildman–Crippen LogP) is 5.07. The van der Waals surface area contributed by atoms with E-state index in [1.807, 2.05) is 26.0 Å². The number of halogens is 1. The lowest BCUT2D eigenvalue weighted by Crippen LogP contribution is -2.16. The van der Waals surface area contributed by atoms with Crippen LogP contribution in [0.2, 0.25) is 5.02 Å². The Balaban J connectivity index is 1.87. The third-order valence-corrected chi connectivity index (χ3v) is 5.22. The lowest BCUT2D eigenvalue weighted by Gasteiger charge is -2.15. The van der Waals surface area contributed by atoms with Crippen LogP contribution in [0.5, 0.6) is 0 Å². The highest BCUT2D eigenvalue weighted by Gasteiger charge is 2.19. The smallest absolute Gasteiger partial charge is 0.258 e. The molecule has 2 amide bonds. The Bertz CT molecular complexity index is 1380. The van der Waals surface area contributed by atoms with E-state index >= 15 is 0 Å². The highest BCUT2D eigenvalue weighted by molar-refractivity contribution is 6.35. The molecule has 4 rings (SSSR count). The van der Waals surface area contributed by atoms with Gasteiger partial charge in [-0.2, -0.15) is 0 Å². The molecule has 7 nitrogen and oxygen atoms in total. The molecule has 0 fully saturated rings. The van der Waals surface area contributed by atoms with Gasteiger partial charge in [0.2, 0.25) is 11.9 Å². The van der Waals surface area contributed by atoms with E-state index in [0.717, 1.165) is 11.3 Å². The lowest BCUT2D eigenvalue weighted by molar-refractivity contribution is -0.111. The van der Waals surface area contributed by atoms with Gasteiger partial charge in [0.25, 0.3) is 5.91 Å². The molecule has 0 bridgehead atoms. The standard InChI is InChI=1S/C24H20ClN5O2/c1-4-21(31)27-17-9-8-14(2)20(13-17)30-22-18(25)6-5-7-19(22)28-24(30)29-23(32)16-10-11-26-15(3)12-16/h4-13H,1H2,2-3H3,(H,27,31)(H,28,29,32). The molecule has 8 heteroatoms. The maximum atomic E-state index is 13.0. The number of carbonyl (C=O) groups is 2. The van der Waals surface area contributed by atoms with E-state index in [9.17, 15) is 9.59 Å². The first-order chi connectivity index (χ1) is 15.4. The molecule has 0 saturated heterocycles. The largest absolute Gasteiger partial charge is 0.322 e. The van der Waals surface area contributed by atoms with Gasteiger partial charge in [-0.3, -0.25) is 24.5 Å². The van der Waals surface area contributed by atoms with Crippen molar-refractivity contribution in [3.8, 4) is 5.69 Å². The van der Waals surface area contributed by atoms with Gasteiger partial charge in [-0.25, -0.2) is 4.98 Å². The van der Waals surface area contributed by atoms with Crippen LogP contribution in [0.25, 0.3) is 16.7 Å². The molecular formula is C24H20ClN5O2. The number of nitrogens with one attached hydrogen (secondary N) is 2. The van der Waals surface area contributed by atoms with Crippen molar-refractivity contribution in [2.45, 2.75) is 13.8 Å². The Morgan fingerprint density at radius 3 is 2.66 bits per heavy atom. The van der Waals surface area contributed by atoms with Crippen LogP contribution in [0.15, 0.2) is 67.4 Å². The SMILES string of the molecule is C=CC(=O)Nc1ccc(C)c(-n2c(NC(=O)c3ccnc(C)c3)nc3cccc(Cl)c32)c1. The zero-order valence-corrected chi connectivity index (χ0v) is 18.3. The number of aryl methyl sites for hydroxylation is 2. The minimum absolute atomic E-state index is 0.308. The Hall–Kier alpha value is -3.97. The van der Waals surface area contributed by atoms with Crippen LogP contribution >= 0.6 is 11.6 Å². The van der Waals surface area contributed by atoms with Crippen LogP contribution in [0.3, 0.4) is 0 Å². The maximum absolute atomic E-state index is 13.0. The van der Waals surface area contributed by atoms with E-state index in [-0.39, 0.29) is 11.8 Å². The minimum Gasteiger partial charge on any atom is -0.322 e. The molecule has 0 aliphatic rings. The zero-order chi connectivity index (χ0) is 22.8. The molecule has 4 aromatic rings. The average molecular weight is 446 g/mol. The number of para-hydroxylation sites is 1. The second-order valence-corrected chi connectivity index (χ2v) is 7.62. The van der Waals surface area contributed by atoms with Gasteiger partial charge in [0.15, 0.2) is 0 Å². The summed E-state index contributed by atoms with van der Waals surface area (Å²) in [4.78, 5) is 33.5. The van der Waals surface area contributed by atoms with Gasteiger partial charge >= 0.3 is 0 Å². The topological polar surface area (TPSA) is 88.9 Å². The number of pyridine rings is 1. The number of amides is 2. The highest BCUT2D eigenvalue weighted by atomic mass is 35.5. The fourth-order valence-corrected chi connectivity index (χ4v) is 3.64. The van der Waals surface area contributed by atoms with Crippen LogP contribution in [0, 0.1) is 13.8 Å². The van der Waals surface area contributed by atoms with Crippen molar-refractivity contribution in [1.29, 1.82) is 0 Å². The Morgan fingerprint density at radius 1 is 1.09 bits per heavy atom. The molecule has 2 aromatic carbocycles. The maximum Gasteiger partial charge on any atom is 0.258 e. The zero-order valence-electron chi connectivity index (χ0n) is 17.5. The van der Waals surface area contributed by atoms with Crippen LogP contribution in [0.4, 0.5) is 11.6 Å². The van der Waals surface area contributed by atoms with Crippen molar-refractivity contribution in [2.75, 3.05) is 10.6 Å². The summed E-state index contributed by atoms with van der Waals surface area (Å²) >= 11 is 6.53. The van der Waals surface area contributed by atoms with E-state index in [2.05, 4.69) is 27.2 Å². The van der Waals surface area contributed by atoms with Crippen molar-refractivity contribution in [3.05, 3.63) is 89.2 Å². The number of fused-ring (bicyclic) bond motifs is 1. The quantitative estimate of drug-likeness (QED) is 0.420. The van der Waals surface area contributed by atoms with Gasteiger partial charge in [0, 0.05) is 23.1 Å². The van der Waals surface area contributed by atoms with E-state index in [4.69, 9.17) is 11.6 Å². The minimum atomic E-state index is -0.324. The summed E-state index contributed by atoms with van der Waals surface area (Å²) in [5.41, 5.74) is 4.65. The fraction of sp³-hybridized carbons (Fsp3) is 0.0833. The summed E-state index contributed by atoms with van der Waals surface area (Å²) < 4.78 is 1.78. The van der Waals surface area contributed by atoms with E-state index in [1.54, 1.807) is 47.2 Å². The molecule has 160 valence electrons. The summed E-state index contributed by atoms with van der Waals surface area (Å²) in [6, 6.07) is 14.2. The molecule has 0 saturated carbocycles. The van der Waals surface area contributed by atoms with Gasteiger partial charge in [-0.15, -0.1) is 0 Å². The van der Waals surface area contributed by atoms with Crippen molar-refractivity contribution in [2.24, 2.45) is 0 Å². The second-order valence-electron chi connectivity index (χ2n) is 7.21. The van der Waals surface area contributed by atoms with Crippen LogP contribution in [-0.2, 0) is 4.79 Å². The molecular weight excluding hydrogens is 426 g/mol. The first-order valence-electron chi connectivity index (χ1n) is 9.83. The number of carbonyl (C=O) groups excluding carboxylic acids is 2. The third kappa shape index (κ3) is 4.10. The van der Waals surface area contributed by atoms with Gasteiger partial charge in [-0.1, -0.05) is 30.3 Å². The molecule has 0 aliphatic heterocycles. The number of anilines is 2. The monoisotopic (exact) mass is 445 g/mol. The number of nitrogens with zero attached hydrogens (tertiary/aromatic N) is 3. The first-order valence-corrected chi connectivity index (χ1v) is 10.2. The third-order valence-electron chi connectivity index (χ3n) is 4.91. The molecule has 0 unspecified atom stereocenters. The number of aromatic nitrogens is 3. The molecule has 2 aromatic heterocycles. The first kappa shape index (κ1) is 21.3. The van der Waals surface area contributed by atoms with Crippen molar-refractivity contribution in [1.82, 2.24) is 14.5 Å². The number of hydrogen-bond donors (Lipinski definition) is 2. The molecule has 2 heterocycles. The highest BCUT2D eigenvalue weighted by Crippen LogP contribution is 2.33. The number of hydrogen-bond acceptors (Lipinski definition) is 4. The summed E-state index contributed by atoms with van der Waals surface area (Å²) in [5.74, 6) is -0.338. The second kappa shape index (κ2) is 8.64.